The van der Waals surface area contributed by atoms with Gasteiger partial charge in [0.05, 0.1) is 12.7 Å². The molecule has 140 valence electrons. The fraction of sp³-hybridized carbons (Fsp3) is 0.0909. The van der Waals surface area contributed by atoms with Crippen molar-refractivity contribution in [3.05, 3.63) is 60.4 Å². The Balaban J connectivity index is 1.94. The van der Waals surface area contributed by atoms with Gasteiger partial charge in [0.15, 0.2) is 0 Å². The number of aromatic amines is 1. The molecule has 3 N–H and O–H groups in total. The van der Waals surface area contributed by atoms with Crippen molar-refractivity contribution >= 4 is 17.3 Å². The summed E-state index contributed by atoms with van der Waals surface area (Å²) in [7, 11) is 1.53. The minimum Gasteiger partial charge on any atom is -0.508 e. The Labute approximate surface area is 161 Å². The highest BCUT2D eigenvalue weighted by atomic mass is 16.5. The van der Waals surface area contributed by atoms with Gasteiger partial charge >= 0.3 is 0 Å². The van der Waals surface area contributed by atoms with Gasteiger partial charge in [0.1, 0.15) is 29.2 Å². The molecule has 0 radical (unpaired) electrons. The molecule has 2 aromatic carbocycles. The first-order chi connectivity index (χ1) is 13.6. The molecule has 0 amide bonds. The van der Waals surface area contributed by atoms with Gasteiger partial charge in [-0.1, -0.05) is 18.2 Å². The van der Waals surface area contributed by atoms with Crippen molar-refractivity contribution in [2.75, 3.05) is 7.11 Å². The Morgan fingerprint density at radius 1 is 1.14 bits per heavy atom. The first-order valence-corrected chi connectivity index (χ1v) is 8.71. The van der Waals surface area contributed by atoms with Crippen LogP contribution in [0.2, 0.25) is 0 Å². The topological polar surface area (TPSA) is 95.4 Å². The number of fused-ring (bicyclic) bond motifs is 1. The molecular weight excluding hydrogens is 356 g/mol. The number of H-pyrrole nitrogens is 1. The van der Waals surface area contributed by atoms with E-state index in [1.165, 1.54) is 7.11 Å². The largest absolute Gasteiger partial charge is 0.508 e. The van der Waals surface area contributed by atoms with Crippen molar-refractivity contribution in [2.45, 2.75) is 6.42 Å². The van der Waals surface area contributed by atoms with Crippen LogP contribution in [0.3, 0.4) is 0 Å². The van der Waals surface area contributed by atoms with Crippen LogP contribution in [0.4, 0.5) is 0 Å². The number of nitrogens with zero attached hydrogens (tertiary/aromatic N) is 1. The Morgan fingerprint density at radius 2 is 2.00 bits per heavy atom. The highest BCUT2D eigenvalue weighted by molar-refractivity contribution is 5.99. The van der Waals surface area contributed by atoms with Crippen molar-refractivity contribution < 1.29 is 19.7 Å². The molecule has 0 fully saturated rings. The molecule has 0 unspecified atom stereocenters. The third kappa shape index (κ3) is 2.95. The number of aromatic nitrogens is 2. The summed E-state index contributed by atoms with van der Waals surface area (Å²) >= 11 is 0. The lowest BCUT2D eigenvalue weighted by atomic mass is 9.97. The van der Waals surface area contributed by atoms with Gasteiger partial charge in [-0.3, -0.25) is 0 Å². The minimum absolute atomic E-state index is 0.00936. The Hall–Kier alpha value is -3.80. The van der Waals surface area contributed by atoms with Crippen LogP contribution in [0.5, 0.6) is 17.2 Å². The number of carbonyl (C=O) groups excluding carboxylic acids is 1. The second-order valence-corrected chi connectivity index (χ2v) is 6.39. The molecule has 0 bridgehead atoms. The number of ether oxygens (including phenoxy) is 1. The lowest BCUT2D eigenvalue weighted by molar-refractivity contribution is -0.107. The Bertz CT molecular complexity index is 1180. The summed E-state index contributed by atoms with van der Waals surface area (Å²) in [6, 6.07) is 12.3. The summed E-state index contributed by atoms with van der Waals surface area (Å²) in [6.45, 7) is 0. The number of methoxy groups -OCH3 is 1. The summed E-state index contributed by atoms with van der Waals surface area (Å²) in [5.74, 6) is 0.679. The maximum Gasteiger partial charge on any atom is 0.137 e. The molecule has 0 atom stereocenters. The monoisotopic (exact) mass is 374 g/mol. The predicted octanol–water partition coefficient (Wildman–Crippen LogP) is 4.06. The highest BCUT2D eigenvalue weighted by Crippen LogP contribution is 2.43. The minimum atomic E-state index is 0.00936. The second-order valence-electron chi connectivity index (χ2n) is 6.39. The summed E-state index contributed by atoms with van der Waals surface area (Å²) in [5.41, 5.74) is 4.05. The van der Waals surface area contributed by atoms with E-state index in [2.05, 4.69) is 9.97 Å². The summed E-state index contributed by atoms with van der Waals surface area (Å²) in [6.07, 6.45) is 4.34. The fourth-order valence-electron chi connectivity index (χ4n) is 3.35. The smallest absolute Gasteiger partial charge is 0.137 e. The average Bonchev–Trinajstić information content (AvgIpc) is 3.12. The van der Waals surface area contributed by atoms with E-state index >= 15 is 0 Å². The van der Waals surface area contributed by atoms with Crippen LogP contribution in [0.25, 0.3) is 33.3 Å². The van der Waals surface area contributed by atoms with Gasteiger partial charge in [0, 0.05) is 40.9 Å². The van der Waals surface area contributed by atoms with Gasteiger partial charge in [-0.15, -0.1) is 0 Å². The van der Waals surface area contributed by atoms with Crippen LogP contribution in [0, 0.1) is 0 Å². The molecule has 2 aromatic heterocycles. The molecule has 0 saturated heterocycles. The summed E-state index contributed by atoms with van der Waals surface area (Å²) in [4.78, 5) is 18.5. The molecule has 6 nitrogen and oxygen atoms in total. The Morgan fingerprint density at radius 3 is 2.75 bits per heavy atom. The number of carbonyl (C=O) groups is 1. The van der Waals surface area contributed by atoms with Crippen LogP contribution < -0.4 is 4.74 Å². The zero-order chi connectivity index (χ0) is 19.7. The van der Waals surface area contributed by atoms with Crippen LogP contribution >= 0.6 is 0 Å². The van der Waals surface area contributed by atoms with E-state index in [-0.39, 0.29) is 17.9 Å². The summed E-state index contributed by atoms with van der Waals surface area (Å²) in [5, 5.41) is 21.3. The van der Waals surface area contributed by atoms with Crippen LogP contribution in [0.15, 0.2) is 54.9 Å². The molecule has 2 heterocycles. The van der Waals surface area contributed by atoms with E-state index in [4.69, 9.17) is 4.74 Å². The predicted molar refractivity (Wildman–Crippen MR) is 107 cm³/mol. The van der Waals surface area contributed by atoms with E-state index in [1.807, 2.05) is 12.1 Å². The lowest BCUT2D eigenvalue weighted by Crippen LogP contribution is -1.94. The van der Waals surface area contributed by atoms with E-state index < -0.39 is 0 Å². The number of rotatable bonds is 5. The average molecular weight is 374 g/mol. The van der Waals surface area contributed by atoms with E-state index in [0.29, 0.717) is 28.1 Å². The normalized spacial score (nSPS) is 10.9. The number of phenols is 2. The van der Waals surface area contributed by atoms with Crippen molar-refractivity contribution in [3.63, 3.8) is 0 Å². The standard InChI is InChI=1S/C22H18N2O4/c1-28-19-6-5-13(7-8-25)21(27)20(19)18-12-24-22-17(18)10-15(11-23-22)14-3-2-4-16(26)9-14/h2-6,8-12,26-27H,7H2,1H3,(H,23,24). The highest BCUT2D eigenvalue weighted by Gasteiger charge is 2.19. The molecule has 0 aliphatic heterocycles. The van der Waals surface area contributed by atoms with Gasteiger partial charge < -0.3 is 24.7 Å². The zero-order valence-electron chi connectivity index (χ0n) is 15.1. The molecule has 0 spiro atoms. The molecule has 4 rings (SSSR count). The van der Waals surface area contributed by atoms with Crippen LogP contribution in [-0.2, 0) is 11.2 Å². The first-order valence-electron chi connectivity index (χ1n) is 8.71. The zero-order valence-corrected chi connectivity index (χ0v) is 15.1. The van der Waals surface area contributed by atoms with Gasteiger partial charge in [-0.25, -0.2) is 4.98 Å². The number of aromatic hydroxyl groups is 2. The van der Waals surface area contributed by atoms with E-state index in [1.54, 1.807) is 42.7 Å². The maximum atomic E-state index is 10.9. The van der Waals surface area contributed by atoms with E-state index in [9.17, 15) is 15.0 Å². The maximum absolute atomic E-state index is 10.9. The third-order valence-electron chi connectivity index (χ3n) is 4.73. The van der Waals surface area contributed by atoms with Gasteiger partial charge in [-0.2, -0.15) is 0 Å². The van der Waals surface area contributed by atoms with Gasteiger partial charge in [0.25, 0.3) is 0 Å². The molecule has 0 aliphatic carbocycles. The SMILES string of the molecule is COc1ccc(CC=O)c(O)c1-c1c[nH]c2ncc(-c3cccc(O)c3)cc12. The third-order valence-corrected chi connectivity index (χ3v) is 4.73. The number of nitrogens with one attached hydrogen (secondary N) is 1. The molecule has 0 aliphatic rings. The number of hydrogen-bond donors (Lipinski definition) is 3. The summed E-state index contributed by atoms with van der Waals surface area (Å²) < 4.78 is 5.45. The Kier molecular flexibility index (Phi) is 4.45. The molecule has 6 heteroatoms. The van der Waals surface area contributed by atoms with Crippen molar-refractivity contribution in [3.8, 4) is 39.5 Å². The number of pyridine rings is 1. The lowest BCUT2D eigenvalue weighted by Gasteiger charge is -2.13. The number of hydrogen-bond acceptors (Lipinski definition) is 5. The fourth-order valence-corrected chi connectivity index (χ4v) is 3.35. The molecule has 4 aromatic rings. The van der Waals surface area contributed by atoms with Crippen molar-refractivity contribution in [2.24, 2.45) is 0 Å². The van der Waals surface area contributed by atoms with Crippen LogP contribution in [-0.4, -0.2) is 33.6 Å². The van der Waals surface area contributed by atoms with Crippen LogP contribution in [0.1, 0.15) is 5.56 Å². The van der Waals surface area contributed by atoms with Crippen molar-refractivity contribution in [1.82, 2.24) is 9.97 Å². The van der Waals surface area contributed by atoms with E-state index in [0.717, 1.165) is 22.8 Å². The molecule has 0 saturated carbocycles. The number of aldehydes is 1. The van der Waals surface area contributed by atoms with Gasteiger partial charge in [-0.05, 0) is 29.8 Å². The quantitative estimate of drug-likeness (QED) is 0.458. The van der Waals surface area contributed by atoms with Gasteiger partial charge in [0.2, 0.25) is 0 Å². The van der Waals surface area contributed by atoms with Crippen molar-refractivity contribution in [1.29, 1.82) is 0 Å². The number of benzene rings is 2. The second kappa shape index (κ2) is 7.08. The molecule has 28 heavy (non-hydrogen) atoms. The molecular formula is C22H18N2O4. The first kappa shape index (κ1) is 17.6. The number of phenolic OH excluding ortho intramolecular Hbond substituents is 2.